The van der Waals surface area contributed by atoms with Crippen LogP contribution < -0.4 is 10.6 Å². The number of benzene rings is 1. The molecule has 1 fully saturated rings. The van der Waals surface area contributed by atoms with E-state index in [0.717, 1.165) is 38.4 Å². The summed E-state index contributed by atoms with van der Waals surface area (Å²) in [6, 6.07) is 13.9. The quantitative estimate of drug-likeness (QED) is 0.373. The number of thiophene rings is 1. The zero-order valence-electron chi connectivity index (χ0n) is 15.5. The van der Waals surface area contributed by atoms with E-state index in [0.29, 0.717) is 12.1 Å². The van der Waals surface area contributed by atoms with Gasteiger partial charge >= 0.3 is 0 Å². The molecular formula is C20H29IN4S. The van der Waals surface area contributed by atoms with Crippen LogP contribution in [0.15, 0.2) is 52.2 Å². The Morgan fingerprint density at radius 2 is 2.04 bits per heavy atom. The highest BCUT2D eigenvalue weighted by atomic mass is 127. The van der Waals surface area contributed by atoms with E-state index in [2.05, 4.69) is 74.6 Å². The Kier molecular flexibility index (Phi) is 8.87. The van der Waals surface area contributed by atoms with Crippen LogP contribution in [-0.2, 0) is 13.0 Å². The summed E-state index contributed by atoms with van der Waals surface area (Å²) in [7, 11) is 1.85. The molecule has 1 aliphatic rings. The van der Waals surface area contributed by atoms with Crippen LogP contribution in [0.1, 0.15) is 24.5 Å². The van der Waals surface area contributed by atoms with Crippen molar-refractivity contribution < 1.29 is 0 Å². The van der Waals surface area contributed by atoms with Gasteiger partial charge in [-0.2, -0.15) is 11.3 Å². The molecule has 2 N–H and O–H groups in total. The highest BCUT2D eigenvalue weighted by Gasteiger charge is 2.29. The molecule has 2 aromatic rings. The van der Waals surface area contributed by atoms with Gasteiger partial charge in [0.15, 0.2) is 5.96 Å². The zero-order valence-corrected chi connectivity index (χ0v) is 18.7. The van der Waals surface area contributed by atoms with Gasteiger partial charge < -0.3 is 10.6 Å². The van der Waals surface area contributed by atoms with Crippen molar-refractivity contribution in [3.05, 3.63) is 58.3 Å². The highest BCUT2D eigenvalue weighted by Crippen LogP contribution is 2.20. The lowest BCUT2D eigenvalue weighted by atomic mass is 10.2. The van der Waals surface area contributed by atoms with E-state index >= 15 is 0 Å². The van der Waals surface area contributed by atoms with E-state index in [-0.39, 0.29) is 24.0 Å². The lowest BCUT2D eigenvalue weighted by molar-refractivity contribution is 0.258. The van der Waals surface area contributed by atoms with E-state index in [1.54, 1.807) is 11.3 Å². The van der Waals surface area contributed by atoms with Gasteiger partial charge in [-0.25, -0.2) is 0 Å². The molecule has 4 nitrogen and oxygen atoms in total. The van der Waals surface area contributed by atoms with Crippen LogP contribution in [0, 0.1) is 0 Å². The number of hydrogen-bond donors (Lipinski definition) is 2. The van der Waals surface area contributed by atoms with Crippen molar-refractivity contribution in [3.63, 3.8) is 0 Å². The Hall–Kier alpha value is -1.12. The largest absolute Gasteiger partial charge is 0.356 e. The van der Waals surface area contributed by atoms with Gasteiger partial charge in [-0.15, -0.1) is 24.0 Å². The first-order chi connectivity index (χ1) is 12.2. The average Bonchev–Trinajstić information content (AvgIpc) is 3.25. The Morgan fingerprint density at radius 3 is 2.73 bits per heavy atom. The molecule has 0 aliphatic carbocycles. The molecule has 1 aliphatic heterocycles. The van der Waals surface area contributed by atoms with E-state index < -0.39 is 0 Å². The van der Waals surface area contributed by atoms with Crippen molar-refractivity contribution in [1.82, 2.24) is 15.5 Å². The first-order valence-corrected chi connectivity index (χ1v) is 9.95. The first-order valence-electron chi connectivity index (χ1n) is 9.01. The molecule has 6 heteroatoms. The third kappa shape index (κ3) is 6.25. The number of likely N-dealkylation sites (tertiary alicyclic amines) is 1. The minimum atomic E-state index is 0. The van der Waals surface area contributed by atoms with Crippen molar-refractivity contribution in [2.75, 3.05) is 20.1 Å². The van der Waals surface area contributed by atoms with Crippen molar-refractivity contribution >= 4 is 41.3 Å². The van der Waals surface area contributed by atoms with Crippen LogP contribution in [-0.4, -0.2) is 43.1 Å². The zero-order chi connectivity index (χ0) is 17.5. The summed E-state index contributed by atoms with van der Waals surface area (Å²) >= 11 is 1.75. The summed E-state index contributed by atoms with van der Waals surface area (Å²) in [5, 5.41) is 11.4. The van der Waals surface area contributed by atoms with Crippen LogP contribution in [0.4, 0.5) is 0 Å². The predicted octanol–water partition coefficient (Wildman–Crippen LogP) is 3.74. The average molecular weight is 484 g/mol. The number of rotatable bonds is 6. The van der Waals surface area contributed by atoms with E-state index in [1.807, 2.05) is 7.05 Å². The highest BCUT2D eigenvalue weighted by molar-refractivity contribution is 14.0. The Bertz CT molecular complexity index is 660. The molecule has 1 aromatic carbocycles. The summed E-state index contributed by atoms with van der Waals surface area (Å²) in [6.07, 6.45) is 2.18. The number of hydrogen-bond acceptors (Lipinski definition) is 3. The maximum atomic E-state index is 4.38. The maximum absolute atomic E-state index is 4.38. The monoisotopic (exact) mass is 484 g/mol. The van der Waals surface area contributed by atoms with Gasteiger partial charge in [0, 0.05) is 38.8 Å². The van der Waals surface area contributed by atoms with Crippen LogP contribution >= 0.6 is 35.3 Å². The van der Waals surface area contributed by atoms with Gasteiger partial charge in [0.1, 0.15) is 0 Å². The molecule has 0 amide bonds. The van der Waals surface area contributed by atoms with Crippen LogP contribution in [0.5, 0.6) is 0 Å². The number of nitrogens with zero attached hydrogens (tertiary/aromatic N) is 2. The van der Waals surface area contributed by atoms with Crippen LogP contribution in [0.3, 0.4) is 0 Å². The van der Waals surface area contributed by atoms with Crippen molar-refractivity contribution in [2.24, 2.45) is 4.99 Å². The summed E-state index contributed by atoms with van der Waals surface area (Å²) in [5.74, 6) is 0.911. The van der Waals surface area contributed by atoms with Gasteiger partial charge in [0.25, 0.3) is 0 Å². The topological polar surface area (TPSA) is 39.7 Å². The summed E-state index contributed by atoms with van der Waals surface area (Å²) < 4.78 is 0. The molecule has 2 atom stereocenters. The molecule has 3 rings (SSSR count). The predicted molar refractivity (Wildman–Crippen MR) is 123 cm³/mol. The van der Waals surface area contributed by atoms with E-state index in [4.69, 9.17) is 0 Å². The number of guanidine groups is 1. The van der Waals surface area contributed by atoms with Gasteiger partial charge in [-0.1, -0.05) is 30.3 Å². The second-order valence-corrected chi connectivity index (χ2v) is 7.50. The molecule has 0 saturated carbocycles. The molecule has 142 valence electrons. The summed E-state index contributed by atoms with van der Waals surface area (Å²) in [4.78, 5) is 6.93. The van der Waals surface area contributed by atoms with E-state index in [1.165, 1.54) is 11.1 Å². The lowest BCUT2D eigenvalue weighted by Crippen LogP contribution is -2.45. The summed E-state index contributed by atoms with van der Waals surface area (Å²) in [6.45, 7) is 5.30. The molecule has 0 bridgehead atoms. The number of halogens is 1. The van der Waals surface area contributed by atoms with Gasteiger partial charge in [0.2, 0.25) is 0 Å². The normalized spacial score (nSPS) is 20.6. The van der Waals surface area contributed by atoms with Gasteiger partial charge in [-0.3, -0.25) is 9.89 Å². The fraction of sp³-hybridized carbons (Fsp3) is 0.450. The minimum Gasteiger partial charge on any atom is -0.356 e. The Morgan fingerprint density at radius 1 is 1.23 bits per heavy atom. The molecular weight excluding hydrogens is 455 g/mol. The lowest BCUT2D eigenvalue weighted by Gasteiger charge is -2.21. The fourth-order valence-electron chi connectivity index (χ4n) is 3.39. The molecule has 2 unspecified atom stereocenters. The van der Waals surface area contributed by atoms with Crippen LogP contribution in [0.2, 0.25) is 0 Å². The second-order valence-electron chi connectivity index (χ2n) is 6.72. The Balaban J connectivity index is 0.00000243. The molecule has 1 aromatic heterocycles. The SMILES string of the molecule is CN=C(NCCc1ccsc1)NC1CC(C)N(Cc2ccccc2)C1.I. The van der Waals surface area contributed by atoms with Gasteiger partial charge in [-0.05, 0) is 47.7 Å². The molecule has 0 spiro atoms. The third-order valence-electron chi connectivity index (χ3n) is 4.78. The van der Waals surface area contributed by atoms with Crippen molar-refractivity contribution in [3.8, 4) is 0 Å². The standard InChI is InChI=1S/C20H28N4S.HI/c1-16-12-19(14-24(16)13-17-6-4-3-5-7-17)23-20(21-2)22-10-8-18-9-11-25-15-18;/h3-7,9,11,15-16,19H,8,10,12-14H2,1-2H3,(H2,21,22,23);1H. The number of aliphatic imine (C=N–C) groups is 1. The maximum Gasteiger partial charge on any atom is 0.191 e. The van der Waals surface area contributed by atoms with E-state index in [9.17, 15) is 0 Å². The van der Waals surface area contributed by atoms with Crippen molar-refractivity contribution in [2.45, 2.75) is 38.4 Å². The molecule has 26 heavy (non-hydrogen) atoms. The van der Waals surface area contributed by atoms with Crippen molar-refractivity contribution in [1.29, 1.82) is 0 Å². The van der Waals surface area contributed by atoms with Gasteiger partial charge in [0.05, 0.1) is 0 Å². The smallest absolute Gasteiger partial charge is 0.191 e. The van der Waals surface area contributed by atoms with Crippen LogP contribution in [0.25, 0.3) is 0 Å². The molecule has 1 saturated heterocycles. The first kappa shape index (κ1) is 21.2. The second kappa shape index (κ2) is 10.9. The molecule has 0 radical (unpaired) electrons. The number of nitrogens with one attached hydrogen (secondary N) is 2. The summed E-state index contributed by atoms with van der Waals surface area (Å²) in [5.41, 5.74) is 2.77. The Labute approximate surface area is 178 Å². The fourth-order valence-corrected chi connectivity index (χ4v) is 4.09. The molecule has 2 heterocycles. The minimum absolute atomic E-state index is 0. The third-order valence-corrected chi connectivity index (χ3v) is 5.52.